The Bertz CT molecular complexity index is 1570. The Hall–Kier alpha value is -4.61. The summed E-state index contributed by atoms with van der Waals surface area (Å²) in [5.74, 6) is -0.00330. The molecule has 3 aromatic carbocycles. The summed E-state index contributed by atoms with van der Waals surface area (Å²) in [7, 11) is 0. The van der Waals surface area contributed by atoms with Crippen molar-refractivity contribution in [2.75, 3.05) is 11.1 Å². The van der Waals surface area contributed by atoms with Gasteiger partial charge in [0.1, 0.15) is 12.4 Å². The van der Waals surface area contributed by atoms with Gasteiger partial charge in [-0.2, -0.15) is 5.26 Å². The van der Waals surface area contributed by atoms with Crippen LogP contribution in [0.15, 0.2) is 101 Å². The van der Waals surface area contributed by atoms with Crippen LogP contribution in [-0.2, 0) is 16.2 Å². The lowest BCUT2D eigenvalue weighted by atomic mass is 9.77. The van der Waals surface area contributed by atoms with E-state index in [2.05, 4.69) is 16.7 Å². The molecule has 1 heterocycles. The van der Waals surface area contributed by atoms with Crippen molar-refractivity contribution in [2.45, 2.75) is 38.7 Å². The van der Waals surface area contributed by atoms with Crippen molar-refractivity contribution in [1.29, 1.82) is 5.26 Å². The van der Waals surface area contributed by atoms with Gasteiger partial charge in [0, 0.05) is 28.9 Å². The maximum atomic E-state index is 13.1. The zero-order valence-corrected chi connectivity index (χ0v) is 23.4. The van der Waals surface area contributed by atoms with Gasteiger partial charge in [-0.15, -0.1) is 0 Å². The normalized spacial score (nSPS) is 16.4. The van der Waals surface area contributed by atoms with Crippen LogP contribution in [0.25, 0.3) is 0 Å². The second-order valence-corrected chi connectivity index (χ2v) is 10.9. The minimum Gasteiger partial charge on any atom is -0.489 e. The van der Waals surface area contributed by atoms with Gasteiger partial charge in [-0.05, 0) is 67.3 Å². The van der Waals surface area contributed by atoms with E-state index < -0.39 is 5.92 Å². The number of ketones is 2. The minimum absolute atomic E-state index is 0.0386. The van der Waals surface area contributed by atoms with Crippen LogP contribution in [0.5, 0.6) is 5.75 Å². The molecule has 1 aliphatic carbocycles. The van der Waals surface area contributed by atoms with Gasteiger partial charge in [0.25, 0.3) is 0 Å². The number of benzene rings is 3. The summed E-state index contributed by atoms with van der Waals surface area (Å²) < 4.78 is 5.93. The molecule has 0 radical (unpaired) electrons. The number of nitrogens with one attached hydrogen (secondary N) is 2. The first-order chi connectivity index (χ1) is 19.9. The number of amides is 1. The molecule has 0 spiro atoms. The fourth-order valence-corrected chi connectivity index (χ4v) is 5.85. The second kappa shape index (κ2) is 12.7. The molecule has 7 nitrogen and oxygen atoms in total. The average Bonchev–Trinajstić information content (AvgIpc) is 2.99. The summed E-state index contributed by atoms with van der Waals surface area (Å²) in [5, 5.41) is 17.0. The Balaban J connectivity index is 1.34. The highest BCUT2D eigenvalue weighted by Gasteiger charge is 2.37. The number of hydrogen-bond donors (Lipinski definition) is 2. The van der Waals surface area contributed by atoms with E-state index in [4.69, 9.17) is 4.74 Å². The number of hydrogen-bond acceptors (Lipinski definition) is 7. The van der Waals surface area contributed by atoms with Gasteiger partial charge in [0.05, 0.1) is 28.3 Å². The fourth-order valence-electron chi connectivity index (χ4n) is 4.99. The minimum atomic E-state index is -0.517. The molecule has 206 valence electrons. The third-order valence-electron chi connectivity index (χ3n) is 7.05. The molecule has 1 amide bonds. The molecule has 3 aromatic rings. The molecule has 2 N–H and O–H groups in total. The van der Waals surface area contributed by atoms with Crippen LogP contribution in [0.3, 0.4) is 0 Å². The Morgan fingerprint density at radius 3 is 2.44 bits per heavy atom. The number of nitriles is 1. The van der Waals surface area contributed by atoms with Gasteiger partial charge >= 0.3 is 0 Å². The largest absolute Gasteiger partial charge is 0.489 e. The van der Waals surface area contributed by atoms with Gasteiger partial charge in [-0.3, -0.25) is 14.4 Å². The number of carbonyl (C=O) groups excluding carboxylic acids is 3. The fraction of sp³-hybridized carbons (Fsp3) is 0.212. The highest BCUT2D eigenvalue weighted by molar-refractivity contribution is 8.03. The quantitative estimate of drug-likeness (QED) is 0.296. The van der Waals surface area contributed by atoms with E-state index in [-0.39, 0.29) is 23.2 Å². The smallest absolute Gasteiger partial charge is 0.234 e. The van der Waals surface area contributed by atoms with Crippen molar-refractivity contribution in [2.24, 2.45) is 0 Å². The lowest BCUT2D eigenvalue weighted by Gasteiger charge is -2.33. The number of dihydropyridines is 1. The molecule has 1 aliphatic heterocycles. The van der Waals surface area contributed by atoms with Gasteiger partial charge in [-0.1, -0.05) is 54.2 Å². The van der Waals surface area contributed by atoms with Crippen molar-refractivity contribution in [3.8, 4) is 11.8 Å². The van der Waals surface area contributed by atoms with Crippen LogP contribution >= 0.6 is 11.8 Å². The zero-order valence-electron chi connectivity index (χ0n) is 22.6. The van der Waals surface area contributed by atoms with Crippen molar-refractivity contribution in [3.05, 3.63) is 117 Å². The monoisotopic (exact) mass is 563 g/mol. The van der Waals surface area contributed by atoms with E-state index in [1.807, 2.05) is 54.6 Å². The summed E-state index contributed by atoms with van der Waals surface area (Å²) in [6.45, 7) is 1.93. The lowest BCUT2D eigenvalue weighted by Crippen LogP contribution is -2.31. The predicted octanol–water partition coefficient (Wildman–Crippen LogP) is 6.27. The molecular formula is C33H29N3O4S. The molecule has 0 aromatic heterocycles. The molecule has 0 saturated carbocycles. The number of anilines is 1. The van der Waals surface area contributed by atoms with Crippen molar-refractivity contribution in [1.82, 2.24) is 5.32 Å². The number of carbonyl (C=O) groups is 3. The van der Waals surface area contributed by atoms with Gasteiger partial charge < -0.3 is 15.4 Å². The summed E-state index contributed by atoms with van der Waals surface area (Å²) in [4.78, 5) is 37.3. The van der Waals surface area contributed by atoms with Crippen LogP contribution < -0.4 is 15.4 Å². The topological polar surface area (TPSA) is 108 Å². The predicted molar refractivity (Wildman–Crippen MR) is 159 cm³/mol. The summed E-state index contributed by atoms with van der Waals surface area (Å²) in [6, 6.07) is 26.4. The van der Waals surface area contributed by atoms with Crippen LogP contribution in [-0.4, -0.2) is 23.2 Å². The molecule has 1 unspecified atom stereocenters. The molecule has 0 bridgehead atoms. The highest BCUT2D eigenvalue weighted by atomic mass is 32.2. The second-order valence-electron chi connectivity index (χ2n) is 9.90. The van der Waals surface area contributed by atoms with Crippen molar-refractivity contribution >= 4 is 34.9 Å². The maximum Gasteiger partial charge on any atom is 0.234 e. The molecule has 2 aliphatic rings. The van der Waals surface area contributed by atoms with E-state index in [9.17, 15) is 19.6 Å². The van der Waals surface area contributed by atoms with Gasteiger partial charge in [0.2, 0.25) is 5.91 Å². The average molecular weight is 564 g/mol. The summed E-state index contributed by atoms with van der Waals surface area (Å²) in [6.07, 6.45) is 1.88. The molecule has 41 heavy (non-hydrogen) atoms. The maximum absolute atomic E-state index is 13.1. The van der Waals surface area contributed by atoms with E-state index in [0.29, 0.717) is 52.6 Å². The number of allylic oxidation sites excluding steroid dienone is 3. The lowest BCUT2D eigenvalue weighted by molar-refractivity contribution is -0.116. The third kappa shape index (κ3) is 6.59. The summed E-state index contributed by atoms with van der Waals surface area (Å²) >= 11 is 1.24. The van der Waals surface area contributed by atoms with E-state index in [1.54, 1.807) is 24.3 Å². The Morgan fingerprint density at radius 1 is 1.02 bits per heavy atom. The molecule has 0 saturated heterocycles. The van der Waals surface area contributed by atoms with Crippen LogP contribution in [0.1, 0.15) is 53.6 Å². The molecule has 1 atom stereocenters. The first kappa shape index (κ1) is 27.9. The van der Waals surface area contributed by atoms with Gasteiger partial charge in [0.15, 0.2) is 11.6 Å². The molecule has 8 heteroatoms. The van der Waals surface area contributed by atoms with Gasteiger partial charge in [-0.25, -0.2) is 0 Å². The van der Waals surface area contributed by atoms with Crippen LogP contribution in [0.2, 0.25) is 0 Å². The number of ether oxygens (including phenoxy) is 1. The first-order valence-corrected chi connectivity index (χ1v) is 14.4. The number of Topliss-reactive ketones (excluding diaryl/α,β-unsaturated/α-hetero) is 2. The first-order valence-electron chi connectivity index (χ1n) is 13.4. The van der Waals surface area contributed by atoms with E-state index >= 15 is 0 Å². The van der Waals surface area contributed by atoms with Crippen molar-refractivity contribution < 1.29 is 19.1 Å². The van der Waals surface area contributed by atoms with E-state index in [0.717, 1.165) is 23.2 Å². The number of nitrogens with zero attached hydrogens (tertiary/aromatic N) is 1. The molecule has 0 fully saturated rings. The third-order valence-corrected chi connectivity index (χ3v) is 8.06. The number of rotatable bonds is 9. The van der Waals surface area contributed by atoms with Crippen molar-refractivity contribution in [3.63, 3.8) is 0 Å². The standard InChI is InChI=1S/C33H29N3O4S/c1-21(37)23-10-14-25(15-11-23)35-30(39)20-41-33-27(18-34)31(32-28(36-33)8-5-9-29(32)38)24-12-16-26(17-13-24)40-19-22-6-3-2-4-7-22/h2-4,6-7,10-17,31,36H,5,8-9,19-20H2,1H3,(H,35,39). The summed E-state index contributed by atoms with van der Waals surface area (Å²) in [5.41, 5.74) is 4.91. The Kier molecular flexibility index (Phi) is 8.66. The van der Waals surface area contributed by atoms with Crippen LogP contribution in [0, 0.1) is 11.3 Å². The number of thioether (sulfide) groups is 1. The zero-order chi connectivity index (χ0) is 28.8. The van der Waals surface area contributed by atoms with Crippen LogP contribution in [0.4, 0.5) is 5.69 Å². The molecular weight excluding hydrogens is 534 g/mol. The Morgan fingerprint density at radius 2 is 1.76 bits per heavy atom. The molecule has 5 rings (SSSR count). The Labute approximate surface area is 243 Å². The highest BCUT2D eigenvalue weighted by Crippen LogP contribution is 2.44. The SMILES string of the molecule is CC(=O)c1ccc(NC(=O)CSC2=C(C#N)C(c3ccc(OCc4ccccc4)cc3)C3=C(CCCC3=O)N2)cc1. The van der Waals surface area contributed by atoms with E-state index in [1.165, 1.54) is 18.7 Å².